The summed E-state index contributed by atoms with van der Waals surface area (Å²) in [5.41, 5.74) is 3.28. The lowest BCUT2D eigenvalue weighted by Gasteiger charge is -2.10. The number of aromatic carboxylic acids is 1. The molecule has 3 aromatic carbocycles. The normalized spacial score (nSPS) is 10.8. The molecule has 1 heterocycles. The second-order valence-corrected chi connectivity index (χ2v) is 7.27. The molecule has 0 aliphatic rings. The van der Waals surface area contributed by atoms with Gasteiger partial charge in [0.25, 0.3) is 5.56 Å². The number of ether oxygens (including phenoxy) is 1. The van der Waals surface area contributed by atoms with Crippen LogP contribution in [0.4, 0.5) is 0 Å². The van der Waals surface area contributed by atoms with Crippen LogP contribution in [0.15, 0.2) is 83.8 Å². The van der Waals surface area contributed by atoms with Crippen LogP contribution in [-0.2, 0) is 13.2 Å². The molecule has 0 unspecified atom stereocenters. The number of hydrogen-bond acceptors (Lipinski definition) is 3. The molecule has 30 heavy (non-hydrogen) atoms. The summed E-state index contributed by atoms with van der Waals surface area (Å²) in [6.45, 7) is 2.89. The van der Waals surface area contributed by atoms with E-state index >= 15 is 0 Å². The monoisotopic (exact) mass is 399 g/mol. The van der Waals surface area contributed by atoms with Gasteiger partial charge >= 0.3 is 5.97 Å². The van der Waals surface area contributed by atoms with Gasteiger partial charge in [0.05, 0.1) is 12.1 Å². The van der Waals surface area contributed by atoms with Crippen molar-refractivity contribution in [1.29, 1.82) is 0 Å². The van der Waals surface area contributed by atoms with E-state index in [0.717, 1.165) is 16.5 Å². The van der Waals surface area contributed by atoms with E-state index in [1.54, 1.807) is 41.1 Å². The molecule has 0 radical (unpaired) electrons. The number of nitrogens with zero attached hydrogens (tertiary/aromatic N) is 1. The second-order valence-electron chi connectivity index (χ2n) is 7.27. The van der Waals surface area contributed by atoms with Crippen molar-refractivity contribution in [2.24, 2.45) is 0 Å². The second kappa shape index (κ2) is 8.25. The van der Waals surface area contributed by atoms with Gasteiger partial charge in [0.2, 0.25) is 0 Å². The molecule has 0 saturated carbocycles. The molecule has 5 nitrogen and oxygen atoms in total. The van der Waals surface area contributed by atoms with Crippen LogP contribution in [0.2, 0.25) is 0 Å². The van der Waals surface area contributed by atoms with Crippen molar-refractivity contribution in [2.75, 3.05) is 0 Å². The zero-order valence-corrected chi connectivity index (χ0v) is 16.5. The quantitative estimate of drug-likeness (QED) is 0.513. The maximum Gasteiger partial charge on any atom is 0.335 e. The predicted octanol–water partition coefficient (Wildman–Crippen LogP) is 4.64. The Morgan fingerprint density at radius 2 is 1.63 bits per heavy atom. The summed E-state index contributed by atoms with van der Waals surface area (Å²) in [7, 11) is 0. The Morgan fingerprint density at radius 1 is 0.933 bits per heavy atom. The third-order valence-corrected chi connectivity index (χ3v) is 5.03. The zero-order chi connectivity index (χ0) is 21.1. The van der Waals surface area contributed by atoms with Gasteiger partial charge in [0.15, 0.2) is 0 Å². The molecule has 5 heteroatoms. The predicted molar refractivity (Wildman–Crippen MR) is 116 cm³/mol. The number of aromatic nitrogens is 1. The first kappa shape index (κ1) is 19.5. The lowest BCUT2D eigenvalue weighted by atomic mass is 10.1. The maximum absolute atomic E-state index is 12.9. The minimum atomic E-state index is -0.968. The Labute approximate surface area is 173 Å². The highest BCUT2D eigenvalue weighted by molar-refractivity contribution is 5.87. The topological polar surface area (TPSA) is 68.5 Å². The number of hydrogen-bond donors (Lipinski definition) is 1. The van der Waals surface area contributed by atoms with Crippen molar-refractivity contribution in [3.8, 4) is 5.75 Å². The standard InChI is InChI=1S/C25H21NO4/c1-17-2-4-19(5-3-17)16-30-22-10-11-23-21(14-22)12-13-26(24(23)27)15-18-6-8-20(9-7-18)25(28)29/h2-14H,15-16H2,1H3,(H,28,29). The minimum absolute atomic E-state index is 0.0973. The van der Waals surface area contributed by atoms with Crippen molar-refractivity contribution in [2.45, 2.75) is 20.1 Å². The highest BCUT2D eigenvalue weighted by atomic mass is 16.5. The van der Waals surface area contributed by atoms with Gasteiger partial charge in [-0.15, -0.1) is 0 Å². The Hall–Kier alpha value is -3.86. The molecular weight excluding hydrogens is 378 g/mol. The van der Waals surface area contributed by atoms with Gasteiger partial charge < -0.3 is 14.4 Å². The minimum Gasteiger partial charge on any atom is -0.489 e. The van der Waals surface area contributed by atoms with E-state index < -0.39 is 5.97 Å². The summed E-state index contributed by atoms with van der Waals surface area (Å²) in [6, 6.07) is 22.1. The fourth-order valence-corrected chi connectivity index (χ4v) is 3.28. The molecule has 4 rings (SSSR count). The molecule has 0 amide bonds. The molecule has 0 aliphatic carbocycles. The van der Waals surface area contributed by atoms with E-state index in [2.05, 4.69) is 12.1 Å². The van der Waals surface area contributed by atoms with Gasteiger partial charge in [-0.05, 0) is 59.8 Å². The zero-order valence-electron chi connectivity index (χ0n) is 16.5. The average Bonchev–Trinajstić information content (AvgIpc) is 2.75. The Morgan fingerprint density at radius 3 is 2.33 bits per heavy atom. The lowest BCUT2D eigenvalue weighted by Crippen LogP contribution is -2.20. The Bertz CT molecular complexity index is 1260. The number of carboxylic acids is 1. The van der Waals surface area contributed by atoms with Crippen LogP contribution in [0.5, 0.6) is 5.75 Å². The highest BCUT2D eigenvalue weighted by Crippen LogP contribution is 2.20. The lowest BCUT2D eigenvalue weighted by molar-refractivity contribution is 0.0697. The number of fused-ring (bicyclic) bond motifs is 1. The van der Waals surface area contributed by atoms with E-state index in [1.807, 2.05) is 37.3 Å². The van der Waals surface area contributed by atoms with Gasteiger partial charge in [-0.2, -0.15) is 0 Å². The van der Waals surface area contributed by atoms with Crippen molar-refractivity contribution in [1.82, 2.24) is 4.57 Å². The average molecular weight is 399 g/mol. The number of carbonyl (C=O) groups is 1. The van der Waals surface area contributed by atoms with Crippen LogP contribution in [0.25, 0.3) is 10.8 Å². The molecule has 150 valence electrons. The molecule has 0 aliphatic heterocycles. The summed E-state index contributed by atoms with van der Waals surface area (Å²) in [4.78, 5) is 23.8. The number of benzene rings is 3. The summed E-state index contributed by atoms with van der Waals surface area (Å²) < 4.78 is 7.50. The third kappa shape index (κ3) is 4.25. The van der Waals surface area contributed by atoms with E-state index in [1.165, 1.54) is 5.56 Å². The first-order chi connectivity index (χ1) is 14.5. The van der Waals surface area contributed by atoms with E-state index in [9.17, 15) is 9.59 Å². The van der Waals surface area contributed by atoms with Crippen LogP contribution in [-0.4, -0.2) is 15.6 Å². The Kier molecular flexibility index (Phi) is 5.35. The van der Waals surface area contributed by atoms with Gasteiger partial charge in [0, 0.05) is 11.6 Å². The maximum atomic E-state index is 12.9. The molecule has 4 aromatic rings. The van der Waals surface area contributed by atoms with Crippen LogP contribution in [0, 0.1) is 6.92 Å². The molecular formula is C25H21NO4. The SMILES string of the molecule is Cc1ccc(COc2ccc3c(=O)n(Cc4ccc(C(=O)O)cc4)ccc3c2)cc1. The molecule has 0 spiro atoms. The van der Waals surface area contributed by atoms with Crippen molar-refractivity contribution >= 4 is 16.7 Å². The Balaban J connectivity index is 1.52. The highest BCUT2D eigenvalue weighted by Gasteiger charge is 2.07. The fraction of sp³-hybridized carbons (Fsp3) is 0.120. The van der Waals surface area contributed by atoms with Gasteiger partial charge in [-0.25, -0.2) is 4.79 Å². The summed E-state index contributed by atoms with van der Waals surface area (Å²) in [6.07, 6.45) is 1.75. The van der Waals surface area contributed by atoms with Crippen LogP contribution in [0.1, 0.15) is 27.0 Å². The van der Waals surface area contributed by atoms with Gasteiger partial charge in [-0.1, -0.05) is 42.0 Å². The molecule has 1 N–H and O–H groups in total. The number of pyridine rings is 1. The molecule has 0 bridgehead atoms. The van der Waals surface area contributed by atoms with E-state index in [-0.39, 0.29) is 11.1 Å². The molecule has 0 fully saturated rings. The molecule has 0 atom stereocenters. The van der Waals surface area contributed by atoms with Crippen molar-refractivity contribution in [3.63, 3.8) is 0 Å². The van der Waals surface area contributed by atoms with Crippen molar-refractivity contribution < 1.29 is 14.6 Å². The number of rotatable bonds is 6. The fourth-order valence-electron chi connectivity index (χ4n) is 3.28. The van der Waals surface area contributed by atoms with Crippen LogP contribution >= 0.6 is 0 Å². The first-order valence-electron chi connectivity index (χ1n) is 9.63. The third-order valence-electron chi connectivity index (χ3n) is 5.03. The van der Waals surface area contributed by atoms with Crippen molar-refractivity contribution in [3.05, 3.63) is 112 Å². The molecule has 1 aromatic heterocycles. The smallest absolute Gasteiger partial charge is 0.335 e. The molecule has 0 saturated heterocycles. The summed E-state index contributed by atoms with van der Waals surface area (Å²) in [5, 5.41) is 10.4. The number of aryl methyl sites for hydroxylation is 1. The van der Waals surface area contributed by atoms with Gasteiger partial charge in [-0.3, -0.25) is 4.79 Å². The first-order valence-corrected chi connectivity index (χ1v) is 9.63. The van der Waals surface area contributed by atoms with Crippen LogP contribution in [0.3, 0.4) is 0 Å². The van der Waals surface area contributed by atoms with E-state index in [4.69, 9.17) is 9.84 Å². The van der Waals surface area contributed by atoms with Crippen LogP contribution < -0.4 is 10.3 Å². The number of carboxylic acid groups (broad SMARTS) is 1. The van der Waals surface area contributed by atoms with E-state index in [0.29, 0.717) is 24.3 Å². The summed E-state index contributed by atoms with van der Waals surface area (Å²) in [5.74, 6) is -0.255. The van der Waals surface area contributed by atoms with Gasteiger partial charge in [0.1, 0.15) is 12.4 Å². The summed E-state index contributed by atoms with van der Waals surface area (Å²) >= 11 is 0. The largest absolute Gasteiger partial charge is 0.489 e.